The molecular formula is C10H14OSi. The van der Waals surface area contributed by atoms with Gasteiger partial charge >= 0.3 is 0 Å². The van der Waals surface area contributed by atoms with Gasteiger partial charge in [-0.25, -0.2) is 0 Å². The molecule has 12 heavy (non-hydrogen) atoms. The molecule has 0 amide bonds. The predicted molar refractivity (Wildman–Crippen MR) is 53.1 cm³/mol. The molecule has 1 nitrogen and oxygen atoms in total. The van der Waals surface area contributed by atoms with Crippen molar-refractivity contribution in [3.05, 3.63) is 35.4 Å². The van der Waals surface area contributed by atoms with Gasteiger partial charge in [0.2, 0.25) is 0 Å². The highest BCUT2D eigenvalue weighted by atomic mass is 28.2. The van der Waals surface area contributed by atoms with Crippen molar-refractivity contribution in [3.63, 3.8) is 0 Å². The summed E-state index contributed by atoms with van der Waals surface area (Å²) in [4.78, 5) is 0. The van der Waals surface area contributed by atoms with Crippen LogP contribution in [0.15, 0.2) is 24.3 Å². The number of fused-ring (bicyclic) bond motifs is 1. The van der Waals surface area contributed by atoms with Crippen molar-refractivity contribution in [3.8, 4) is 0 Å². The maximum absolute atomic E-state index is 5.59. The van der Waals surface area contributed by atoms with E-state index in [1.54, 1.807) is 0 Å². The summed E-state index contributed by atoms with van der Waals surface area (Å²) in [6.07, 6.45) is 1.57. The van der Waals surface area contributed by atoms with E-state index in [9.17, 15) is 0 Å². The third-order valence-corrected chi connectivity index (χ3v) is 3.18. The summed E-state index contributed by atoms with van der Waals surface area (Å²) in [5.41, 5.74) is 2.89. The Hall–Kier alpha value is -0.603. The first-order chi connectivity index (χ1) is 5.83. The van der Waals surface area contributed by atoms with Gasteiger partial charge in [-0.05, 0) is 23.5 Å². The Morgan fingerprint density at radius 2 is 2.17 bits per heavy atom. The lowest BCUT2D eigenvalue weighted by Crippen LogP contribution is -2.05. The molecule has 1 aromatic rings. The van der Waals surface area contributed by atoms with Crippen LogP contribution in [0.5, 0.6) is 0 Å². The molecule has 0 N–H and O–H groups in total. The Morgan fingerprint density at radius 1 is 1.42 bits per heavy atom. The Morgan fingerprint density at radius 3 is 2.92 bits per heavy atom. The van der Waals surface area contributed by atoms with Crippen LogP contribution in [0.25, 0.3) is 0 Å². The molecule has 1 aliphatic carbocycles. The molecule has 0 spiro atoms. The van der Waals surface area contributed by atoms with Gasteiger partial charge in [0.25, 0.3) is 0 Å². The first kappa shape index (κ1) is 8.02. The van der Waals surface area contributed by atoms with Crippen molar-refractivity contribution in [1.29, 1.82) is 0 Å². The average Bonchev–Trinajstić information content (AvgIpc) is 2.40. The minimum atomic E-state index is 0.382. The predicted octanol–water partition coefficient (Wildman–Crippen LogP) is 1.22. The van der Waals surface area contributed by atoms with E-state index in [-0.39, 0.29) is 0 Å². The molecule has 2 rings (SSSR count). The zero-order valence-corrected chi connectivity index (χ0v) is 9.58. The van der Waals surface area contributed by atoms with Crippen molar-refractivity contribution in [1.82, 2.24) is 0 Å². The van der Waals surface area contributed by atoms with Crippen molar-refractivity contribution >= 4 is 10.5 Å². The summed E-state index contributed by atoms with van der Waals surface area (Å²) in [6.45, 7) is 2.27. The number of hydrogen-bond donors (Lipinski definition) is 0. The zero-order chi connectivity index (χ0) is 8.55. The van der Waals surface area contributed by atoms with E-state index in [0.29, 0.717) is 12.0 Å². The quantitative estimate of drug-likeness (QED) is 0.588. The molecule has 0 saturated carbocycles. The standard InChI is InChI=1S/C10H14OSi/c1-7-6-8-4-2-3-5-9(8)10(7)11-12/h2-5,7,10H,6H2,1,12H3. The zero-order valence-electron chi connectivity index (χ0n) is 7.58. The molecule has 1 aromatic carbocycles. The number of rotatable bonds is 1. The molecule has 0 aromatic heterocycles. The molecule has 1 aliphatic rings. The average molecular weight is 178 g/mol. The van der Waals surface area contributed by atoms with E-state index in [1.807, 2.05) is 0 Å². The Bertz CT molecular complexity index is 285. The van der Waals surface area contributed by atoms with Crippen LogP contribution in [0, 0.1) is 5.92 Å². The minimum Gasteiger partial charge on any atom is -0.421 e. The lowest BCUT2D eigenvalue weighted by molar-refractivity contribution is 0.176. The van der Waals surface area contributed by atoms with Crippen molar-refractivity contribution in [2.45, 2.75) is 19.4 Å². The van der Waals surface area contributed by atoms with Gasteiger partial charge in [-0.2, -0.15) is 0 Å². The van der Waals surface area contributed by atoms with Gasteiger partial charge in [-0.3, -0.25) is 0 Å². The molecule has 0 bridgehead atoms. The third-order valence-electron chi connectivity index (χ3n) is 2.67. The molecule has 2 heteroatoms. The van der Waals surface area contributed by atoms with E-state index < -0.39 is 0 Å². The highest BCUT2D eigenvalue weighted by Gasteiger charge is 2.27. The molecule has 64 valence electrons. The van der Waals surface area contributed by atoms with Crippen LogP contribution in [-0.4, -0.2) is 10.5 Å². The van der Waals surface area contributed by atoms with Crippen LogP contribution in [0.3, 0.4) is 0 Å². The lowest BCUT2D eigenvalue weighted by Gasteiger charge is -2.14. The molecule has 0 aliphatic heterocycles. The van der Waals surface area contributed by atoms with Gasteiger partial charge in [-0.15, -0.1) is 0 Å². The minimum absolute atomic E-state index is 0.382. The van der Waals surface area contributed by atoms with Gasteiger partial charge < -0.3 is 4.43 Å². The summed E-state index contributed by atoms with van der Waals surface area (Å²) < 4.78 is 5.59. The highest BCUT2D eigenvalue weighted by Crippen LogP contribution is 2.37. The lowest BCUT2D eigenvalue weighted by atomic mass is 10.1. The summed E-state index contributed by atoms with van der Waals surface area (Å²) in [5, 5.41) is 0. The topological polar surface area (TPSA) is 9.23 Å². The molecule has 0 fully saturated rings. The maximum atomic E-state index is 5.59. The van der Waals surface area contributed by atoms with Crippen molar-refractivity contribution in [2.75, 3.05) is 0 Å². The van der Waals surface area contributed by atoms with Gasteiger partial charge in [-0.1, -0.05) is 31.2 Å². The summed E-state index contributed by atoms with van der Waals surface area (Å²) >= 11 is 0. The second kappa shape index (κ2) is 3.03. The van der Waals surface area contributed by atoms with Crippen LogP contribution in [0.2, 0.25) is 0 Å². The smallest absolute Gasteiger partial charge is 0.146 e. The van der Waals surface area contributed by atoms with Gasteiger partial charge in [0.1, 0.15) is 10.5 Å². The number of hydrogen-bond acceptors (Lipinski definition) is 1. The number of benzene rings is 1. The van der Waals surface area contributed by atoms with Gasteiger partial charge in [0.15, 0.2) is 0 Å². The second-order valence-electron chi connectivity index (χ2n) is 3.54. The van der Waals surface area contributed by atoms with Crippen molar-refractivity contribution in [2.24, 2.45) is 5.92 Å². The first-order valence-electron chi connectivity index (χ1n) is 4.43. The van der Waals surface area contributed by atoms with E-state index >= 15 is 0 Å². The van der Waals surface area contributed by atoms with Crippen LogP contribution >= 0.6 is 0 Å². The summed E-state index contributed by atoms with van der Waals surface area (Å²) in [6, 6.07) is 8.62. The van der Waals surface area contributed by atoms with E-state index in [0.717, 1.165) is 10.5 Å². The first-order valence-corrected chi connectivity index (χ1v) is 5.25. The fourth-order valence-electron chi connectivity index (χ4n) is 2.12. The third kappa shape index (κ3) is 1.11. The SMILES string of the molecule is CC1Cc2ccccc2C1O[SiH3]. The summed E-state index contributed by atoms with van der Waals surface area (Å²) in [7, 11) is 0.838. The van der Waals surface area contributed by atoms with E-state index in [2.05, 4.69) is 31.2 Å². The van der Waals surface area contributed by atoms with Gasteiger partial charge in [0.05, 0.1) is 6.10 Å². The Balaban J connectivity index is 2.40. The van der Waals surface area contributed by atoms with Crippen LogP contribution in [0.4, 0.5) is 0 Å². The Labute approximate surface area is 76.3 Å². The molecule has 2 atom stereocenters. The molecule has 2 unspecified atom stereocenters. The van der Waals surface area contributed by atoms with Crippen molar-refractivity contribution < 1.29 is 4.43 Å². The molecular weight excluding hydrogens is 164 g/mol. The van der Waals surface area contributed by atoms with Crippen LogP contribution in [0.1, 0.15) is 24.2 Å². The fraction of sp³-hybridized carbons (Fsp3) is 0.400. The van der Waals surface area contributed by atoms with Gasteiger partial charge in [0, 0.05) is 0 Å². The largest absolute Gasteiger partial charge is 0.421 e. The molecule has 0 saturated heterocycles. The maximum Gasteiger partial charge on any atom is 0.146 e. The van der Waals surface area contributed by atoms with Crippen LogP contribution in [-0.2, 0) is 10.8 Å². The fourth-order valence-corrected chi connectivity index (χ4v) is 2.84. The van der Waals surface area contributed by atoms with Crippen LogP contribution < -0.4 is 0 Å². The molecule has 0 radical (unpaired) electrons. The molecule has 0 heterocycles. The van der Waals surface area contributed by atoms with E-state index in [1.165, 1.54) is 17.5 Å². The summed E-state index contributed by atoms with van der Waals surface area (Å²) in [5.74, 6) is 0.667. The second-order valence-corrected chi connectivity index (χ2v) is 4.01. The van der Waals surface area contributed by atoms with E-state index in [4.69, 9.17) is 4.43 Å². The monoisotopic (exact) mass is 178 g/mol. The highest BCUT2D eigenvalue weighted by molar-refractivity contribution is 5.98. The Kier molecular flexibility index (Phi) is 2.03. The normalized spacial score (nSPS) is 27.4.